The van der Waals surface area contributed by atoms with Gasteiger partial charge in [0.2, 0.25) is 5.88 Å². The van der Waals surface area contributed by atoms with Crippen molar-refractivity contribution in [3.05, 3.63) is 16.2 Å². The summed E-state index contributed by atoms with van der Waals surface area (Å²) in [7, 11) is 1.58. The monoisotopic (exact) mass is 230 g/mol. The first-order valence-corrected chi connectivity index (χ1v) is 4.63. The topological polar surface area (TPSA) is 35.0 Å². The van der Waals surface area contributed by atoms with E-state index < -0.39 is 0 Å². The molecule has 0 aliphatic rings. The van der Waals surface area contributed by atoms with Crippen LogP contribution in [0.3, 0.4) is 0 Å². The number of halogens is 1. The van der Waals surface area contributed by atoms with E-state index in [9.17, 15) is 0 Å². The molecule has 0 aliphatic heterocycles. The third-order valence-corrected chi connectivity index (χ3v) is 2.03. The fraction of sp³-hybridized carbons (Fsp3) is 0.500. The molecule has 66 valence electrons. The van der Waals surface area contributed by atoms with Gasteiger partial charge >= 0.3 is 0 Å². The highest BCUT2D eigenvalue weighted by atomic mass is 79.9. The van der Waals surface area contributed by atoms with Crippen molar-refractivity contribution in [3.63, 3.8) is 0 Å². The largest absolute Gasteiger partial charge is 0.479 e. The van der Waals surface area contributed by atoms with E-state index in [2.05, 4.69) is 33.1 Å². The zero-order valence-corrected chi connectivity index (χ0v) is 8.76. The Kier molecular flexibility index (Phi) is 3.47. The Hall–Kier alpha value is -0.640. The summed E-state index contributed by atoms with van der Waals surface area (Å²) in [6.07, 6.45) is 2.03. The van der Waals surface area contributed by atoms with Gasteiger partial charge in [0.05, 0.1) is 17.3 Å². The summed E-state index contributed by atoms with van der Waals surface area (Å²) < 4.78 is 5.82. The molecule has 0 aliphatic carbocycles. The Balaban J connectivity index is 2.86. The number of nitrogens with zero attached hydrogens (tertiary/aromatic N) is 2. The van der Waals surface area contributed by atoms with E-state index in [1.54, 1.807) is 7.11 Å². The Morgan fingerprint density at radius 3 is 2.75 bits per heavy atom. The van der Waals surface area contributed by atoms with E-state index in [-0.39, 0.29) is 0 Å². The van der Waals surface area contributed by atoms with Crippen LogP contribution in [0.25, 0.3) is 0 Å². The van der Waals surface area contributed by atoms with Crippen LogP contribution in [0.1, 0.15) is 19.0 Å². The molecule has 0 fully saturated rings. The lowest BCUT2D eigenvalue weighted by molar-refractivity contribution is 0.388. The first-order chi connectivity index (χ1) is 5.77. The molecule has 0 radical (unpaired) electrons. The smallest absolute Gasteiger partial charge is 0.247 e. The molecule has 1 heterocycles. The van der Waals surface area contributed by atoms with Gasteiger partial charge in [-0.05, 0) is 28.4 Å². The average Bonchev–Trinajstić information content (AvgIpc) is 2.05. The molecule has 0 spiro atoms. The zero-order valence-electron chi connectivity index (χ0n) is 7.17. The molecule has 0 amide bonds. The van der Waals surface area contributed by atoms with Crippen molar-refractivity contribution in [2.24, 2.45) is 0 Å². The molecule has 0 saturated carbocycles. The quantitative estimate of drug-likeness (QED) is 0.799. The maximum absolute atomic E-state index is 4.96. The predicted molar refractivity (Wildman–Crippen MR) is 50.3 cm³/mol. The maximum Gasteiger partial charge on any atom is 0.247 e. The van der Waals surface area contributed by atoms with Gasteiger partial charge in [0.1, 0.15) is 0 Å². The van der Waals surface area contributed by atoms with E-state index in [4.69, 9.17) is 4.74 Å². The summed E-state index contributed by atoms with van der Waals surface area (Å²) in [6, 6.07) is 1.94. The Labute approximate surface area is 80.3 Å². The van der Waals surface area contributed by atoms with Crippen molar-refractivity contribution in [1.29, 1.82) is 0 Å². The van der Waals surface area contributed by atoms with Crippen LogP contribution < -0.4 is 4.74 Å². The average molecular weight is 231 g/mol. The van der Waals surface area contributed by atoms with Crippen molar-refractivity contribution in [2.45, 2.75) is 19.8 Å². The summed E-state index contributed by atoms with van der Waals surface area (Å²) in [5.41, 5.74) is 0.991. The van der Waals surface area contributed by atoms with Crippen molar-refractivity contribution >= 4 is 15.9 Å². The summed E-state index contributed by atoms with van der Waals surface area (Å²) in [5, 5.41) is 7.89. The lowest BCUT2D eigenvalue weighted by Crippen LogP contribution is -1.96. The second-order valence-electron chi connectivity index (χ2n) is 2.44. The van der Waals surface area contributed by atoms with Gasteiger partial charge in [0.25, 0.3) is 0 Å². The summed E-state index contributed by atoms with van der Waals surface area (Å²) >= 11 is 3.35. The number of hydrogen-bond acceptors (Lipinski definition) is 3. The van der Waals surface area contributed by atoms with Gasteiger partial charge in [0.15, 0.2) is 0 Å². The molecular formula is C8H11BrN2O. The normalized spacial score (nSPS) is 9.92. The fourth-order valence-electron chi connectivity index (χ4n) is 0.911. The van der Waals surface area contributed by atoms with E-state index in [1.807, 2.05) is 6.07 Å². The van der Waals surface area contributed by atoms with Crippen molar-refractivity contribution < 1.29 is 4.74 Å². The minimum atomic E-state index is 0.537. The van der Waals surface area contributed by atoms with E-state index in [1.165, 1.54) is 0 Å². The highest BCUT2D eigenvalue weighted by molar-refractivity contribution is 9.10. The number of methoxy groups -OCH3 is 1. The number of ether oxygens (including phenoxy) is 1. The molecule has 0 bridgehead atoms. The van der Waals surface area contributed by atoms with Gasteiger partial charge in [-0.1, -0.05) is 13.3 Å². The van der Waals surface area contributed by atoms with E-state index in [0.717, 1.165) is 23.0 Å². The minimum absolute atomic E-state index is 0.537. The zero-order chi connectivity index (χ0) is 8.97. The van der Waals surface area contributed by atoms with E-state index >= 15 is 0 Å². The molecule has 0 N–H and O–H groups in total. The lowest BCUT2D eigenvalue weighted by Gasteiger charge is -2.01. The van der Waals surface area contributed by atoms with Crippen molar-refractivity contribution in [3.8, 4) is 5.88 Å². The third kappa shape index (κ3) is 2.17. The Morgan fingerprint density at radius 2 is 2.25 bits per heavy atom. The molecule has 4 heteroatoms. The predicted octanol–water partition coefficient (Wildman–Crippen LogP) is 2.20. The van der Waals surface area contributed by atoms with Crippen LogP contribution in [0.15, 0.2) is 10.5 Å². The van der Waals surface area contributed by atoms with Crippen LogP contribution in [0.5, 0.6) is 5.88 Å². The second kappa shape index (κ2) is 4.40. The molecule has 1 aromatic rings. The van der Waals surface area contributed by atoms with Gasteiger partial charge in [-0.2, -0.15) is 5.10 Å². The first kappa shape index (κ1) is 9.45. The van der Waals surface area contributed by atoms with Crippen LogP contribution >= 0.6 is 15.9 Å². The molecule has 12 heavy (non-hydrogen) atoms. The Bertz CT molecular complexity index is 265. The molecule has 1 aromatic heterocycles. The Morgan fingerprint density at radius 1 is 1.50 bits per heavy atom. The second-order valence-corrected chi connectivity index (χ2v) is 3.30. The minimum Gasteiger partial charge on any atom is -0.479 e. The SMILES string of the molecule is CCCc1cc(Br)c(OC)nn1. The van der Waals surface area contributed by atoms with E-state index in [0.29, 0.717) is 5.88 Å². The van der Waals surface area contributed by atoms with Crippen LogP contribution in [0.2, 0.25) is 0 Å². The third-order valence-electron chi connectivity index (χ3n) is 1.47. The van der Waals surface area contributed by atoms with Crippen molar-refractivity contribution in [1.82, 2.24) is 10.2 Å². The van der Waals surface area contributed by atoms with Gasteiger partial charge < -0.3 is 4.74 Å². The summed E-state index contributed by atoms with van der Waals surface area (Å²) in [5.74, 6) is 0.537. The summed E-state index contributed by atoms with van der Waals surface area (Å²) in [4.78, 5) is 0. The molecule has 0 aromatic carbocycles. The number of hydrogen-bond donors (Lipinski definition) is 0. The number of aromatic nitrogens is 2. The molecular weight excluding hydrogens is 220 g/mol. The molecule has 3 nitrogen and oxygen atoms in total. The number of rotatable bonds is 3. The fourth-order valence-corrected chi connectivity index (χ4v) is 1.42. The van der Waals surface area contributed by atoms with Gasteiger partial charge in [-0.25, -0.2) is 0 Å². The molecule has 1 rings (SSSR count). The van der Waals surface area contributed by atoms with Crippen LogP contribution in [-0.2, 0) is 6.42 Å². The van der Waals surface area contributed by atoms with Gasteiger partial charge in [-0.15, -0.1) is 5.10 Å². The molecule has 0 saturated heterocycles. The highest BCUT2D eigenvalue weighted by Crippen LogP contribution is 2.21. The van der Waals surface area contributed by atoms with Crippen LogP contribution in [-0.4, -0.2) is 17.3 Å². The lowest BCUT2D eigenvalue weighted by atomic mass is 10.2. The van der Waals surface area contributed by atoms with Gasteiger partial charge in [0, 0.05) is 0 Å². The molecule has 0 unspecified atom stereocenters. The standard InChI is InChI=1S/C8H11BrN2O/c1-3-4-6-5-7(9)8(12-2)11-10-6/h5H,3-4H2,1-2H3. The van der Waals surface area contributed by atoms with Crippen LogP contribution in [0, 0.1) is 0 Å². The van der Waals surface area contributed by atoms with Gasteiger partial charge in [-0.3, -0.25) is 0 Å². The maximum atomic E-state index is 4.96. The first-order valence-electron chi connectivity index (χ1n) is 3.84. The molecule has 0 atom stereocenters. The van der Waals surface area contributed by atoms with Crippen molar-refractivity contribution in [2.75, 3.05) is 7.11 Å². The van der Waals surface area contributed by atoms with Crippen LogP contribution in [0.4, 0.5) is 0 Å². The number of aryl methyl sites for hydroxylation is 1. The summed E-state index contributed by atoms with van der Waals surface area (Å²) in [6.45, 7) is 2.11. The highest BCUT2D eigenvalue weighted by Gasteiger charge is 2.03.